The van der Waals surface area contributed by atoms with Crippen molar-refractivity contribution in [1.29, 1.82) is 0 Å². The van der Waals surface area contributed by atoms with E-state index >= 15 is 0 Å². The van der Waals surface area contributed by atoms with Gasteiger partial charge >= 0.3 is 0 Å². The Bertz CT molecular complexity index is 923. The van der Waals surface area contributed by atoms with Crippen LogP contribution in [-0.4, -0.2) is 22.6 Å². The Balaban J connectivity index is 1.81. The zero-order chi connectivity index (χ0) is 17.8. The van der Waals surface area contributed by atoms with Crippen molar-refractivity contribution in [3.63, 3.8) is 0 Å². The minimum atomic E-state index is -0.0663. The highest BCUT2D eigenvalue weighted by atomic mass is 16.5. The van der Waals surface area contributed by atoms with Gasteiger partial charge in [0.25, 0.3) is 0 Å². The molecule has 4 heteroatoms. The van der Waals surface area contributed by atoms with Crippen molar-refractivity contribution in [2.45, 2.75) is 20.8 Å². The number of nitrogens with zero attached hydrogens (tertiary/aromatic N) is 1. The third kappa shape index (κ3) is 3.97. The van der Waals surface area contributed by atoms with Crippen LogP contribution in [0.25, 0.3) is 17.0 Å². The van der Waals surface area contributed by atoms with E-state index < -0.39 is 0 Å². The van der Waals surface area contributed by atoms with Gasteiger partial charge in [-0.2, -0.15) is 5.10 Å². The first-order valence-electron chi connectivity index (χ1n) is 8.43. The molecule has 0 unspecified atom stereocenters. The number of benzene rings is 2. The lowest BCUT2D eigenvalue weighted by molar-refractivity contribution is 0.104. The third-order valence-corrected chi connectivity index (χ3v) is 3.92. The number of nitrogens with one attached hydrogen (secondary N) is 1. The topological polar surface area (TPSA) is 55.0 Å². The number of hydrogen-bond acceptors (Lipinski definition) is 3. The Morgan fingerprint density at radius 3 is 2.84 bits per heavy atom. The molecular weight excluding hydrogens is 312 g/mol. The number of H-pyrrole nitrogens is 1. The van der Waals surface area contributed by atoms with E-state index in [1.54, 1.807) is 12.1 Å². The number of ketones is 1. The molecule has 0 bridgehead atoms. The Morgan fingerprint density at radius 1 is 1.24 bits per heavy atom. The van der Waals surface area contributed by atoms with E-state index in [1.165, 1.54) is 0 Å². The van der Waals surface area contributed by atoms with Gasteiger partial charge in [0.15, 0.2) is 5.78 Å². The molecule has 0 radical (unpaired) electrons. The number of fused-ring (bicyclic) bond motifs is 1. The van der Waals surface area contributed by atoms with E-state index in [-0.39, 0.29) is 5.78 Å². The largest absolute Gasteiger partial charge is 0.493 e. The summed E-state index contributed by atoms with van der Waals surface area (Å²) in [5.74, 6) is 0.971. The van der Waals surface area contributed by atoms with Crippen molar-refractivity contribution < 1.29 is 9.53 Å². The van der Waals surface area contributed by atoms with E-state index in [1.807, 2.05) is 49.4 Å². The molecule has 0 saturated carbocycles. The standard InChI is InChI=1S/C21H22N2O2/c1-14(2)13-25-21-7-5-4-6-17(21)20(24)11-9-16-8-10-19-18(12-16)15(3)22-23-19/h4-12,14H,13H2,1-3H3,(H,22,23)/b11-9+. The molecule has 0 aliphatic heterocycles. The highest BCUT2D eigenvalue weighted by molar-refractivity contribution is 6.08. The predicted octanol–water partition coefficient (Wildman–Crippen LogP) is 4.80. The number of aromatic amines is 1. The summed E-state index contributed by atoms with van der Waals surface area (Å²) >= 11 is 0. The van der Waals surface area contributed by atoms with Crippen LogP contribution in [-0.2, 0) is 0 Å². The molecule has 128 valence electrons. The van der Waals surface area contributed by atoms with Crippen molar-refractivity contribution >= 4 is 22.8 Å². The smallest absolute Gasteiger partial charge is 0.189 e. The lowest BCUT2D eigenvalue weighted by Crippen LogP contribution is -2.07. The molecule has 1 aromatic heterocycles. The number of aryl methyl sites for hydroxylation is 1. The van der Waals surface area contributed by atoms with Crippen LogP contribution >= 0.6 is 0 Å². The van der Waals surface area contributed by atoms with Crippen LogP contribution in [0.1, 0.15) is 35.5 Å². The second-order valence-corrected chi connectivity index (χ2v) is 6.52. The SMILES string of the molecule is Cc1[nH]nc2ccc(/C=C/C(=O)c3ccccc3OCC(C)C)cc12. The summed E-state index contributed by atoms with van der Waals surface area (Å²) in [6, 6.07) is 13.3. The normalized spacial score (nSPS) is 11.5. The van der Waals surface area contributed by atoms with Crippen molar-refractivity contribution in [2.24, 2.45) is 5.92 Å². The van der Waals surface area contributed by atoms with Crippen LogP contribution in [0.15, 0.2) is 48.5 Å². The monoisotopic (exact) mass is 334 g/mol. The third-order valence-electron chi connectivity index (χ3n) is 3.92. The fraction of sp³-hybridized carbons (Fsp3) is 0.238. The number of para-hydroxylation sites is 1. The van der Waals surface area contributed by atoms with Crippen molar-refractivity contribution in [3.05, 3.63) is 65.4 Å². The van der Waals surface area contributed by atoms with Gasteiger partial charge in [0.2, 0.25) is 0 Å². The number of rotatable bonds is 6. The predicted molar refractivity (Wildman–Crippen MR) is 101 cm³/mol. The van der Waals surface area contributed by atoms with Gasteiger partial charge in [0, 0.05) is 11.1 Å². The van der Waals surface area contributed by atoms with Crippen LogP contribution in [0.3, 0.4) is 0 Å². The first-order chi connectivity index (χ1) is 12.0. The van der Waals surface area contributed by atoms with Crippen LogP contribution in [0.5, 0.6) is 5.75 Å². The maximum Gasteiger partial charge on any atom is 0.189 e. The molecule has 0 aliphatic carbocycles. The average molecular weight is 334 g/mol. The molecule has 3 aromatic rings. The highest BCUT2D eigenvalue weighted by Crippen LogP contribution is 2.21. The number of aromatic nitrogens is 2. The van der Waals surface area contributed by atoms with Crippen molar-refractivity contribution in [1.82, 2.24) is 10.2 Å². The first kappa shape index (κ1) is 17.0. The number of hydrogen-bond donors (Lipinski definition) is 1. The molecule has 0 fully saturated rings. The second-order valence-electron chi connectivity index (χ2n) is 6.52. The second kappa shape index (κ2) is 7.34. The van der Waals surface area contributed by atoms with E-state index in [0.717, 1.165) is 22.2 Å². The summed E-state index contributed by atoms with van der Waals surface area (Å²) < 4.78 is 5.77. The van der Waals surface area contributed by atoms with Crippen LogP contribution in [0.4, 0.5) is 0 Å². The number of carbonyl (C=O) groups is 1. The molecule has 1 N–H and O–H groups in total. The van der Waals surface area contributed by atoms with Gasteiger partial charge in [-0.25, -0.2) is 0 Å². The highest BCUT2D eigenvalue weighted by Gasteiger charge is 2.10. The molecule has 3 rings (SSSR count). The van der Waals surface area contributed by atoms with Crippen molar-refractivity contribution in [2.75, 3.05) is 6.61 Å². The summed E-state index contributed by atoms with van der Waals surface area (Å²) in [5, 5.41) is 8.25. The fourth-order valence-corrected chi connectivity index (χ4v) is 2.57. The first-order valence-corrected chi connectivity index (χ1v) is 8.43. The molecular formula is C21H22N2O2. The summed E-state index contributed by atoms with van der Waals surface area (Å²) in [6.45, 7) is 6.73. The minimum Gasteiger partial charge on any atom is -0.493 e. The van der Waals surface area contributed by atoms with Gasteiger partial charge in [-0.05, 0) is 48.7 Å². The van der Waals surface area contributed by atoms with Gasteiger partial charge in [-0.3, -0.25) is 9.89 Å². The molecule has 0 aliphatic rings. The summed E-state index contributed by atoms with van der Waals surface area (Å²) in [5.41, 5.74) is 3.49. The number of allylic oxidation sites excluding steroid dienone is 1. The molecule has 0 atom stereocenters. The number of carbonyl (C=O) groups excluding carboxylic acids is 1. The lowest BCUT2D eigenvalue weighted by atomic mass is 10.1. The van der Waals surface area contributed by atoms with Gasteiger partial charge in [-0.15, -0.1) is 0 Å². The Labute approximate surface area is 147 Å². The maximum atomic E-state index is 12.6. The van der Waals surface area contributed by atoms with E-state index in [4.69, 9.17) is 4.74 Å². The Morgan fingerprint density at radius 2 is 2.04 bits per heavy atom. The van der Waals surface area contributed by atoms with Gasteiger partial charge in [0.1, 0.15) is 5.75 Å². The Hall–Kier alpha value is -2.88. The molecule has 0 spiro atoms. The van der Waals surface area contributed by atoms with Gasteiger partial charge < -0.3 is 4.74 Å². The van der Waals surface area contributed by atoms with Gasteiger partial charge in [-0.1, -0.05) is 38.1 Å². The van der Waals surface area contributed by atoms with Crippen LogP contribution in [0, 0.1) is 12.8 Å². The quantitative estimate of drug-likeness (QED) is 0.520. The summed E-state index contributed by atoms with van der Waals surface area (Å²) in [4.78, 5) is 12.6. The van der Waals surface area contributed by atoms with Crippen LogP contribution in [0.2, 0.25) is 0 Å². The maximum absolute atomic E-state index is 12.6. The molecule has 1 heterocycles. The molecule has 2 aromatic carbocycles. The zero-order valence-electron chi connectivity index (χ0n) is 14.7. The molecule has 0 saturated heterocycles. The zero-order valence-corrected chi connectivity index (χ0v) is 14.7. The summed E-state index contributed by atoms with van der Waals surface area (Å²) in [7, 11) is 0. The van der Waals surface area contributed by atoms with E-state index in [9.17, 15) is 4.79 Å². The van der Waals surface area contributed by atoms with Gasteiger partial charge in [0.05, 0.1) is 17.7 Å². The summed E-state index contributed by atoms with van der Waals surface area (Å²) in [6.07, 6.45) is 3.42. The van der Waals surface area contributed by atoms with E-state index in [0.29, 0.717) is 23.8 Å². The fourth-order valence-electron chi connectivity index (χ4n) is 2.57. The Kier molecular flexibility index (Phi) is 4.98. The lowest BCUT2D eigenvalue weighted by Gasteiger charge is -2.11. The molecule has 25 heavy (non-hydrogen) atoms. The van der Waals surface area contributed by atoms with Crippen molar-refractivity contribution in [3.8, 4) is 5.75 Å². The molecule has 0 amide bonds. The van der Waals surface area contributed by atoms with E-state index in [2.05, 4.69) is 24.0 Å². The average Bonchev–Trinajstić information content (AvgIpc) is 2.98. The number of ether oxygens (including phenoxy) is 1. The molecule has 4 nitrogen and oxygen atoms in total. The van der Waals surface area contributed by atoms with Crippen LogP contribution < -0.4 is 4.74 Å². The minimum absolute atomic E-state index is 0.0663.